The van der Waals surface area contributed by atoms with Crippen LogP contribution < -0.4 is 10.1 Å². The van der Waals surface area contributed by atoms with Crippen molar-refractivity contribution >= 4 is 22.8 Å². The average Bonchev–Trinajstić information content (AvgIpc) is 3.32. The van der Waals surface area contributed by atoms with E-state index in [4.69, 9.17) is 8.85 Å². The highest BCUT2D eigenvalue weighted by Crippen LogP contribution is 2.49. The summed E-state index contributed by atoms with van der Waals surface area (Å²) in [5.74, 6) is 2.42. The molecule has 0 saturated heterocycles. The Kier molecular flexibility index (Phi) is 4.75. The Morgan fingerprint density at radius 2 is 2.11 bits per heavy atom. The normalized spacial score (nSPS) is 20.0. The summed E-state index contributed by atoms with van der Waals surface area (Å²) in [7, 11) is 0. The van der Waals surface area contributed by atoms with Crippen LogP contribution in [0.3, 0.4) is 0 Å². The van der Waals surface area contributed by atoms with Gasteiger partial charge in [-0.25, -0.2) is 4.98 Å². The quantitative estimate of drug-likeness (QED) is 0.433. The number of amides is 2. The monoisotopic (exact) mass is 507 g/mol. The summed E-state index contributed by atoms with van der Waals surface area (Å²) in [6.45, 7) is -7.64. The second-order valence-electron chi connectivity index (χ2n) is 8.13. The van der Waals surface area contributed by atoms with E-state index in [1.807, 2.05) is 0 Å². The first-order valence-corrected chi connectivity index (χ1v) is 10.5. The first kappa shape index (κ1) is 20.1. The minimum Gasteiger partial charge on any atom is -0.434 e. The smallest absolute Gasteiger partial charge is 0.405 e. The average molecular weight is 507 g/mol. The zero-order valence-electron chi connectivity index (χ0n) is 21.1. The number of hydrogen-bond acceptors (Lipinski definition) is 4. The van der Waals surface area contributed by atoms with Crippen LogP contribution in [-0.4, -0.2) is 52.6 Å². The van der Waals surface area contributed by atoms with Crippen LogP contribution in [0.15, 0.2) is 36.4 Å². The van der Waals surface area contributed by atoms with Gasteiger partial charge < -0.3 is 19.5 Å². The number of ether oxygens (including phenoxy) is 1. The number of nitrogens with one attached hydrogen (secondary N) is 1. The fourth-order valence-corrected chi connectivity index (χ4v) is 4.54. The predicted molar refractivity (Wildman–Crippen MR) is 116 cm³/mol. The van der Waals surface area contributed by atoms with Gasteiger partial charge in [-0.1, -0.05) is 12.0 Å². The van der Waals surface area contributed by atoms with Gasteiger partial charge in [0.05, 0.1) is 23.1 Å². The van der Waals surface area contributed by atoms with Gasteiger partial charge in [-0.05, 0) is 30.3 Å². The Balaban J connectivity index is 1.64. The van der Waals surface area contributed by atoms with E-state index in [9.17, 15) is 31.5 Å². The molecule has 1 N–H and O–H groups in total. The van der Waals surface area contributed by atoms with Crippen molar-refractivity contribution in [1.82, 2.24) is 19.8 Å². The molecule has 2 aliphatic heterocycles. The Bertz CT molecular complexity index is 1560. The molecule has 12 heteroatoms. The summed E-state index contributed by atoms with van der Waals surface area (Å²) in [5.41, 5.74) is 0.938. The predicted octanol–water partition coefficient (Wildman–Crippen LogP) is 3.79. The highest BCUT2D eigenvalue weighted by molar-refractivity contribution is 5.98. The summed E-state index contributed by atoms with van der Waals surface area (Å²) in [4.78, 5) is 30.3. The molecule has 3 aromatic rings. The number of hydrogen-bond donors (Lipinski definition) is 1. The first-order valence-electron chi connectivity index (χ1n) is 12.0. The van der Waals surface area contributed by atoms with Crippen molar-refractivity contribution in [3.63, 3.8) is 0 Å². The molecule has 186 valence electrons. The first-order chi connectivity index (χ1) is 18.2. The molecule has 2 aliphatic rings. The number of carbonyl (C=O) groups excluding carboxylic acids is 2. The molecule has 0 aliphatic carbocycles. The van der Waals surface area contributed by atoms with Gasteiger partial charge in [0.25, 0.3) is 11.8 Å². The van der Waals surface area contributed by atoms with Crippen LogP contribution in [0.5, 0.6) is 5.75 Å². The topological polar surface area (TPSA) is 76.5 Å². The largest absolute Gasteiger partial charge is 0.434 e. The third kappa shape index (κ3) is 4.10. The zero-order chi connectivity index (χ0) is 28.3. The highest BCUT2D eigenvalue weighted by atomic mass is 19.4. The number of benzene rings is 2. The van der Waals surface area contributed by atoms with E-state index < -0.39 is 50.2 Å². The van der Waals surface area contributed by atoms with Gasteiger partial charge in [-0.3, -0.25) is 9.59 Å². The summed E-state index contributed by atoms with van der Waals surface area (Å²) in [6, 6.07) is 6.52. The van der Waals surface area contributed by atoms with Gasteiger partial charge in [-0.15, -0.1) is 0 Å². The van der Waals surface area contributed by atoms with Crippen LogP contribution in [0.4, 0.5) is 22.0 Å². The molecule has 0 radical (unpaired) electrons. The summed E-state index contributed by atoms with van der Waals surface area (Å²) in [6.07, 6.45) is -4.59. The van der Waals surface area contributed by atoms with Crippen LogP contribution in [0.1, 0.15) is 49.9 Å². The van der Waals surface area contributed by atoms with Crippen molar-refractivity contribution in [1.29, 1.82) is 0 Å². The molecule has 0 spiro atoms. The molecule has 5 rings (SSSR count). The number of imidazole rings is 1. The zero-order valence-corrected chi connectivity index (χ0v) is 18.1. The number of nitrogens with zero attached hydrogens (tertiary/aromatic N) is 3. The number of aromatic nitrogens is 2. The summed E-state index contributed by atoms with van der Waals surface area (Å²) in [5, 5.41) is 1.64. The van der Waals surface area contributed by atoms with Gasteiger partial charge in [0.2, 0.25) is 0 Å². The summed E-state index contributed by atoms with van der Waals surface area (Å²) < 4.78 is 93.9. The minimum atomic E-state index is -4.60. The number of halogens is 5. The van der Waals surface area contributed by atoms with Crippen molar-refractivity contribution in [2.75, 3.05) is 13.5 Å². The van der Waals surface area contributed by atoms with Gasteiger partial charge in [0.1, 0.15) is 18.1 Å². The van der Waals surface area contributed by atoms with Crippen LogP contribution in [0, 0.1) is 11.8 Å². The van der Waals surface area contributed by atoms with Gasteiger partial charge in [0, 0.05) is 40.1 Å². The SMILES string of the molecule is [2H]C([2H])([2H])N1C(=O)c2cccc(OC(F)F)c2[C@H]2C[C@@H]1c1nc3ccc(C#CC(=O)NCC(F)(F)F)cc3n12. The van der Waals surface area contributed by atoms with Gasteiger partial charge in [-0.2, -0.15) is 22.0 Å². The lowest BCUT2D eigenvalue weighted by Gasteiger charge is -2.24. The van der Waals surface area contributed by atoms with E-state index in [1.165, 1.54) is 36.4 Å². The van der Waals surface area contributed by atoms with E-state index in [0.717, 1.165) is 0 Å². The Labute approximate surface area is 205 Å². The highest BCUT2D eigenvalue weighted by Gasteiger charge is 2.45. The van der Waals surface area contributed by atoms with Crippen molar-refractivity contribution in [3.8, 4) is 17.6 Å². The fraction of sp³-hybridized carbons (Fsp3) is 0.292. The molecule has 0 unspecified atom stereocenters. The maximum atomic E-state index is 13.4. The molecule has 2 aromatic carbocycles. The molecule has 2 bridgehead atoms. The fourth-order valence-electron chi connectivity index (χ4n) is 4.54. The number of rotatable bonds is 3. The lowest BCUT2D eigenvalue weighted by Crippen LogP contribution is -2.32. The maximum absolute atomic E-state index is 13.4. The number of alkyl halides is 5. The maximum Gasteiger partial charge on any atom is 0.405 e. The van der Waals surface area contributed by atoms with E-state index in [-0.39, 0.29) is 34.7 Å². The van der Waals surface area contributed by atoms with Crippen molar-refractivity contribution in [2.45, 2.75) is 31.3 Å². The lowest BCUT2D eigenvalue weighted by atomic mass is 9.97. The van der Waals surface area contributed by atoms with E-state index >= 15 is 0 Å². The Morgan fingerprint density at radius 1 is 1.31 bits per heavy atom. The van der Waals surface area contributed by atoms with Crippen molar-refractivity contribution in [3.05, 3.63) is 58.9 Å². The standard InChI is InChI=1S/C24H17F5N4O3/c1-32-17-10-16(20-13(22(32)35)3-2-4-18(20)36-23(25)26)33-15-9-12(5-7-14(15)31-21(17)33)6-8-19(34)30-11-24(27,28)29/h2-5,7,9,16-17,23H,10-11H2,1H3,(H,30,34)/t16-,17-/m1/s1/i1D3. The molecule has 2 atom stereocenters. The molecule has 2 amide bonds. The Hall–Kier alpha value is -4.14. The van der Waals surface area contributed by atoms with Crippen molar-refractivity contribution < 1.29 is 40.4 Å². The van der Waals surface area contributed by atoms with Crippen molar-refractivity contribution in [2.24, 2.45) is 0 Å². The Morgan fingerprint density at radius 3 is 2.83 bits per heavy atom. The third-order valence-electron chi connectivity index (χ3n) is 5.92. The molecule has 0 saturated carbocycles. The molecular formula is C24H17F5N4O3. The van der Waals surface area contributed by atoms with E-state index in [0.29, 0.717) is 15.9 Å². The molecule has 36 heavy (non-hydrogen) atoms. The molecule has 1 aromatic heterocycles. The molecular weight excluding hydrogens is 487 g/mol. The number of carbonyl (C=O) groups is 2. The molecule has 3 heterocycles. The second kappa shape index (κ2) is 8.51. The van der Waals surface area contributed by atoms with Crippen LogP contribution in [-0.2, 0) is 4.79 Å². The van der Waals surface area contributed by atoms with Gasteiger partial charge in [0.15, 0.2) is 0 Å². The second-order valence-corrected chi connectivity index (χ2v) is 8.13. The van der Waals surface area contributed by atoms with E-state index in [1.54, 1.807) is 9.88 Å². The van der Waals surface area contributed by atoms with Crippen LogP contribution in [0.2, 0.25) is 0 Å². The van der Waals surface area contributed by atoms with Crippen LogP contribution >= 0.6 is 0 Å². The molecule has 0 fully saturated rings. The van der Waals surface area contributed by atoms with Crippen LogP contribution in [0.25, 0.3) is 11.0 Å². The molecule has 7 nitrogen and oxygen atoms in total. The van der Waals surface area contributed by atoms with E-state index in [2.05, 4.69) is 16.8 Å². The minimum absolute atomic E-state index is 0.00870. The van der Waals surface area contributed by atoms with Gasteiger partial charge >= 0.3 is 12.8 Å². The summed E-state index contributed by atoms with van der Waals surface area (Å²) >= 11 is 0. The third-order valence-corrected chi connectivity index (χ3v) is 5.92. The number of fused-ring (bicyclic) bond motifs is 9. The lowest BCUT2D eigenvalue weighted by molar-refractivity contribution is -0.135.